The van der Waals surface area contributed by atoms with Gasteiger partial charge in [-0.1, -0.05) is 36.4 Å². The Kier molecular flexibility index (Phi) is 5.52. The van der Waals surface area contributed by atoms with Gasteiger partial charge in [0.15, 0.2) is 0 Å². The van der Waals surface area contributed by atoms with Gasteiger partial charge in [0.2, 0.25) is 0 Å². The highest BCUT2D eigenvalue weighted by Crippen LogP contribution is 2.32. The molecule has 1 aliphatic rings. The monoisotopic (exact) mass is 339 g/mol. The van der Waals surface area contributed by atoms with Gasteiger partial charge in [0.25, 0.3) is 0 Å². The Morgan fingerprint density at radius 1 is 1.19 bits per heavy atom. The summed E-state index contributed by atoms with van der Waals surface area (Å²) < 4.78 is 6.64. The zero-order valence-corrected chi connectivity index (χ0v) is 13.5. The van der Waals surface area contributed by atoms with Crippen LogP contribution in [0.15, 0.2) is 0 Å². The van der Waals surface area contributed by atoms with Crippen LogP contribution in [0, 0.1) is 5.92 Å². The molecule has 1 saturated heterocycles. The Morgan fingerprint density at radius 3 is 2.00 bits per heavy atom. The number of hydrogen-bond acceptors (Lipinski definition) is 2. The molecular weight excluding hydrogens is 313 g/mol. The molecule has 0 aromatic rings. The summed E-state index contributed by atoms with van der Waals surface area (Å²) >= 11 is 2.51. The van der Waals surface area contributed by atoms with Gasteiger partial charge in [-0.15, -0.1) is 0 Å². The molecule has 0 aromatic heterocycles. The molecule has 1 fully saturated rings. The van der Waals surface area contributed by atoms with Crippen molar-refractivity contribution in [3.63, 3.8) is 0 Å². The Balaban J connectivity index is 2.73. The minimum absolute atomic E-state index is 0.309. The van der Waals surface area contributed by atoms with Crippen molar-refractivity contribution in [2.24, 2.45) is 5.92 Å². The maximum Gasteiger partial charge on any atom is 0.0773 e. The van der Waals surface area contributed by atoms with E-state index in [1.807, 2.05) is 0 Å². The SMILES string of the molecule is CC(C)CC(C)N(C(C)C)C1(CI)COC1. The molecule has 1 aliphatic heterocycles. The average molecular weight is 339 g/mol. The predicted octanol–water partition coefficient (Wildman–Crippen LogP) is 3.34. The number of halogens is 1. The van der Waals surface area contributed by atoms with Gasteiger partial charge in [-0.3, -0.25) is 4.90 Å². The third-order valence-electron chi connectivity index (χ3n) is 3.38. The summed E-state index contributed by atoms with van der Waals surface area (Å²) in [7, 11) is 0. The van der Waals surface area contributed by atoms with E-state index >= 15 is 0 Å². The van der Waals surface area contributed by atoms with Gasteiger partial charge in [0, 0.05) is 16.5 Å². The molecule has 2 nitrogen and oxygen atoms in total. The quantitative estimate of drug-likeness (QED) is 0.544. The summed E-state index contributed by atoms with van der Waals surface area (Å²) in [6.45, 7) is 13.4. The van der Waals surface area contributed by atoms with E-state index in [0.29, 0.717) is 17.6 Å². The first-order valence-electron chi connectivity index (χ1n) is 6.35. The smallest absolute Gasteiger partial charge is 0.0773 e. The topological polar surface area (TPSA) is 12.5 Å². The summed E-state index contributed by atoms with van der Waals surface area (Å²) in [6, 6.07) is 1.26. The van der Waals surface area contributed by atoms with Gasteiger partial charge in [-0.05, 0) is 33.1 Å². The normalized spacial score (nSPS) is 21.6. The van der Waals surface area contributed by atoms with Gasteiger partial charge >= 0.3 is 0 Å². The van der Waals surface area contributed by atoms with Crippen LogP contribution in [-0.2, 0) is 4.74 Å². The molecule has 0 spiro atoms. The van der Waals surface area contributed by atoms with E-state index in [1.165, 1.54) is 10.8 Å². The fourth-order valence-corrected chi connectivity index (χ4v) is 3.79. The highest BCUT2D eigenvalue weighted by Gasteiger charge is 2.46. The molecule has 1 heterocycles. The van der Waals surface area contributed by atoms with Crippen LogP contribution in [0.4, 0.5) is 0 Å². The molecule has 0 radical (unpaired) electrons. The van der Waals surface area contributed by atoms with E-state index in [0.717, 1.165) is 19.1 Å². The Hall–Kier alpha value is 0.650. The predicted molar refractivity (Wildman–Crippen MR) is 78.3 cm³/mol. The van der Waals surface area contributed by atoms with Crippen molar-refractivity contribution in [3.05, 3.63) is 0 Å². The molecule has 0 aliphatic carbocycles. The number of ether oxygens (including phenoxy) is 1. The number of alkyl halides is 1. The minimum atomic E-state index is 0.309. The van der Waals surface area contributed by atoms with Crippen LogP contribution < -0.4 is 0 Å². The maximum atomic E-state index is 5.47. The number of nitrogens with zero attached hydrogens (tertiary/aromatic N) is 1. The first-order valence-corrected chi connectivity index (χ1v) is 7.87. The lowest BCUT2D eigenvalue weighted by atomic mass is 9.91. The van der Waals surface area contributed by atoms with Gasteiger partial charge in [0.05, 0.1) is 18.8 Å². The van der Waals surface area contributed by atoms with Crippen molar-refractivity contribution >= 4 is 22.6 Å². The molecular formula is C13H26INO. The van der Waals surface area contributed by atoms with Crippen LogP contribution in [-0.4, -0.2) is 40.2 Å². The van der Waals surface area contributed by atoms with Crippen LogP contribution in [0.2, 0.25) is 0 Å². The second-order valence-electron chi connectivity index (χ2n) is 5.83. The molecule has 3 heteroatoms. The summed E-state index contributed by atoms with van der Waals surface area (Å²) in [6.07, 6.45) is 1.27. The van der Waals surface area contributed by atoms with E-state index in [2.05, 4.69) is 62.1 Å². The molecule has 16 heavy (non-hydrogen) atoms. The van der Waals surface area contributed by atoms with E-state index < -0.39 is 0 Å². The van der Waals surface area contributed by atoms with Gasteiger partial charge < -0.3 is 4.74 Å². The Morgan fingerprint density at radius 2 is 1.75 bits per heavy atom. The van der Waals surface area contributed by atoms with Crippen molar-refractivity contribution in [2.45, 2.75) is 58.7 Å². The van der Waals surface area contributed by atoms with Crippen LogP contribution in [0.25, 0.3) is 0 Å². The second-order valence-corrected chi connectivity index (χ2v) is 6.59. The standard InChI is InChI=1S/C13H26INO/c1-10(2)6-12(5)15(11(3)4)13(7-14)8-16-9-13/h10-12H,6-9H2,1-5H3. The van der Waals surface area contributed by atoms with Crippen LogP contribution in [0.1, 0.15) is 41.0 Å². The van der Waals surface area contributed by atoms with Crippen LogP contribution >= 0.6 is 22.6 Å². The summed E-state index contributed by atoms with van der Waals surface area (Å²) in [4.78, 5) is 2.68. The zero-order chi connectivity index (χ0) is 12.3. The van der Waals surface area contributed by atoms with Crippen LogP contribution in [0.5, 0.6) is 0 Å². The lowest BCUT2D eigenvalue weighted by Gasteiger charge is -2.53. The average Bonchev–Trinajstić information content (AvgIpc) is 2.08. The van der Waals surface area contributed by atoms with Gasteiger partial charge in [-0.2, -0.15) is 0 Å². The van der Waals surface area contributed by atoms with Crippen LogP contribution in [0.3, 0.4) is 0 Å². The van der Waals surface area contributed by atoms with Gasteiger partial charge in [-0.25, -0.2) is 0 Å². The highest BCUT2D eigenvalue weighted by molar-refractivity contribution is 14.1. The molecule has 0 aromatic carbocycles. The Labute approximate surface area is 114 Å². The van der Waals surface area contributed by atoms with Crippen molar-refractivity contribution in [3.8, 4) is 0 Å². The van der Waals surface area contributed by atoms with E-state index in [9.17, 15) is 0 Å². The minimum Gasteiger partial charge on any atom is -0.377 e. The summed E-state index contributed by atoms with van der Waals surface area (Å²) in [5.41, 5.74) is 0.309. The molecule has 0 amide bonds. The highest BCUT2D eigenvalue weighted by atomic mass is 127. The fraction of sp³-hybridized carbons (Fsp3) is 1.00. The van der Waals surface area contributed by atoms with Crippen molar-refractivity contribution < 1.29 is 4.74 Å². The molecule has 0 saturated carbocycles. The first kappa shape index (κ1) is 14.7. The first-order chi connectivity index (χ1) is 7.43. The number of hydrogen-bond donors (Lipinski definition) is 0. The summed E-state index contributed by atoms with van der Waals surface area (Å²) in [5, 5.41) is 0. The lowest BCUT2D eigenvalue weighted by Crippen LogP contribution is -2.67. The third-order valence-corrected chi connectivity index (χ3v) is 4.80. The molecule has 96 valence electrons. The van der Waals surface area contributed by atoms with Crippen molar-refractivity contribution in [1.82, 2.24) is 4.90 Å². The van der Waals surface area contributed by atoms with E-state index in [-0.39, 0.29) is 0 Å². The largest absolute Gasteiger partial charge is 0.377 e. The molecule has 0 bridgehead atoms. The van der Waals surface area contributed by atoms with Crippen molar-refractivity contribution in [2.75, 3.05) is 17.6 Å². The second kappa shape index (κ2) is 6.01. The lowest BCUT2D eigenvalue weighted by molar-refractivity contribution is -0.150. The zero-order valence-electron chi connectivity index (χ0n) is 11.3. The Bertz CT molecular complexity index is 208. The number of rotatable bonds is 6. The molecule has 1 atom stereocenters. The third kappa shape index (κ3) is 3.10. The molecule has 1 unspecified atom stereocenters. The molecule has 1 rings (SSSR count). The van der Waals surface area contributed by atoms with E-state index in [1.54, 1.807) is 0 Å². The molecule has 0 N–H and O–H groups in total. The van der Waals surface area contributed by atoms with Gasteiger partial charge in [0.1, 0.15) is 0 Å². The summed E-state index contributed by atoms with van der Waals surface area (Å²) in [5.74, 6) is 0.767. The maximum absolute atomic E-state index is 5.47. The van der Waals surface area contributed by atoms with Crippen molar-refractivity contribution in [1.29, 1.82) is 0 Å². The fourth-order valence-electron chi connectivity index (χ4n) is 2.95. The van der Waals surface area contributed by atoms with E-state index in [4.69, 9.17) is 4.74 Å².